The fourth-order valence-electron chi connectivity index (χ4n) is 2.09. The summed E-state index contributed by atoms with van der Waals surface area (Å²) >= 11 is 0. The molecule has 0 saturated heterocycles. The first-order valence-electron chi connectivity index (χ1n) is 6.82. The first-order valence-corrected chi connectivity index (χ1v) is 6.82. The summed E-state index contributed by atoms with van der Waals surface area (Å²) in [4.78, 5) is 0. The molecule has 2 rings (SSSR count). The quantitative estimate of drug-likeness (QED) is 0.912. The molecule has 112 valence electrons. The zero-order chi connectivity index (χ0) is 15.4. The van der Waals surface area contributed by atoms with Gasteiger partial charge in [0.25, 0.3) is 0 Å². The first kappa shape index (κ1) is 15.3. The number of nitrogens with two attached hydrogens (primary N) is 1. The average Bonchev–Trinajstić information content (AvgIpc) is 2.47. The van der Waals surface area contributed by atoms with Crippen molar-refractivity contribution < 1.29 is 13.9 Å². The van der Waals surface area contributed by atoms with E-state index in [4.69, 9.17) is 15.2 Å². The number of benzene rings is 2. The van der Waals surface area contributed by atoms with Crippen LogP contribution in [0, 0.1) is 12.7 Å². The predicted octanol–water partition coefficient (Wildman–Crippen LogP) is 3.74. The maximum Gasteiger partial charge on any atom is 0.128 e. The Morgan fingerprint density at radius 2 is 1.95 bits per heavy atom. The molecule has 4 heteroatoms. The van der Waals surface area contributed by atoms with Crippen molar-refractivity contribution >= 4 is 0 Å². The molecule has 21 heavy (non-hydrogen) atoms. The van der Waals surface area contributed by atoms with E-state index < -0.39 is 0 Å². The molecule has 0 saturated carbocycles. The lowest BCUT2D eigenvalue weighted by Gasteiger charge is -2.16. The third kappa shape index (κ3) is 3.73. The van der Waals surface area contributed by atoms with Crippen LogP contribution in [0.2, 0.25) is 0 Å². The fraction of sp³-hybridized carbons (Fsp3) is 0.294. The van der Waals surface area contributed by atoms with Crippen molar-refractivity contribution in [2.45, 2.75) is 26.5 Å². The number of ether oxygens (including phenoxy) is 2. The maximum absolute atomic E-state index is 13.3. The normalized spacial score (nSPS) is 12.0. The Balaban J connectivity index is 2.24. The molecule has 3 nitrogen and oxygen atoms in total. The SMILES string of the molecule is COc1ccc([C@@H](C)N)c(OCc2cc(F)ccc2C)c1. The van der Waals surface area contributed by atoms with Gasteiger partial charge in [-0.3, -0.25) is 0 Å². The van der Waals surface area contributed by atoms with Crippen molar-refractivity contribution in [2.24, 2.45) is 5.73 Å². The Hall–Kier alpha value is -2.07. The van der Waals surface area contributed by atoms with Crippen LogP contribution in [0.15, 0.2) is 36.4 Å². The molecule has 0 heterocycles. The van der Waals surface area contributed by atoms with Crippen molar-refractivity contribution in [3.8, 4) is 11.5 Å². The van der Waals surface area contributed by atoms with E-state index in [0.717, 1.165) is 16.7 Å². The minimum Gasteiger partial charge on any atom is -0.497 e. The smallest absolute Gasteiger partial charge is 0.128 e. The molecule has 2 aromatic rings. The van der Waals surface area contributed by atoms with Crippen molar-refractivity contribution in [3.63, 3.8) is 0 Å². The third-order valence-electron chi connectivity index (χ3n) is 3.41. The maximum atomic E-state index is 13.3. The fourth-order valence-corrected chi connectivity index (χ4v) is 2.09. The molecule has 0 bridgehead atoms. The second-order valence-corrected chi connectivity index (χ2v) is 5.05. The van der Waals surface area contributed by atoms with Crippen molar-refractivity contribution in [1.82, 2.24) is 0 Å². The van der Waals surface area contributed by atoms with Crippen LogP contribution in [0.25, 0.3) is 0 Å². The van der Waals surface area contributed by atoms with E-state index in [-0.39, 0.29) is 18.5 Å². The van der Waals surface area contributed by atoms with Crippen LogP contribution in [0.5, 0.6) is 11.5 Å². The van der Waals surface area contributed by atoms with Crippen molar-refractivity contribution in [1.29, 1.82) is 0 Å². The number of aryl methyl sites for hydroxylation is 1. The summed E-state index contributed by atoms with van der Waals surface area (Å²) in [5.41, 5.74) is 8.64. The molecule has 2 N–H and O–H groups in total. The van der Waals surface area contributed by atoms with E-state index in [1.165, 1.54) is 12.1 Å². The first-order chi connectivity index (χ1) is 10.0. The van der Waals surface area contributed by atoms with E-state index in [1.54, 1.807) is 19.2 Å². The molecule has 0 aliphatic carbocycles. The summed E-state index contributed by atoms with van der Waals surface area (Å²) < 4.78 is 24.3. The van der Waals surface area contributed by atoms with Crippen LogP contribution in [-0.4, -0.2) is 7.11 Å². The lowest BCUT2D eigenvalue weighted by Crippen LogP contribution is -2.08. The van der Waals surface area contributed by atoms with Gasteiger partial charge in [0.2, 0.25) is 0 Å². The summed E-state index contributed by atoms with van der Waals surface area (Å²) in [6.45, 7) is 4.11. The van der Waals surface area contributed by atoms with E-state index in [0.29, 0.717) is 11.5 Å². The Kier molecular flexibility index (Phi) is 4.81. The van der Waals surface area contributed by atoms with Gasteiger partial charge < -0.3 is 15.2 Å². The van der Waals surface area contributed by atoms with Gasteiger partial charge in [-0.1, -0.05) is 12.1 Å². The van der Waals surface area contributed by atoms with Gasteiger partial charge in [0.1, 0.15) is 23.9 Å². The molecule has 0 unspecified atom stereocenters. The number of rotatable bonds is 5. The largest absolute Gasteiger partial charge is 0.497 e. The van der Waals surface area contributed by atoms with Gasteiger partial charge in [0.15, 0.2) is 0 Å². The Morgan fingerprint density at radius 3 is 2.62 bits per heavy atom. The zero-order valence-electron chi connectivity index (χ0n) is 12.5. The van der Waals surface area contributed by atoms with Crippen molar-refractivity contribution in [3.05, 3.63) is 58.9 Å². The van der Waals surface area contributed by atoms with Crippen molar-refractivity contribution in [2.75, 3.05) is 7.11 Å². The second kappa shape index (κ2) is 6.59. The van der Waals surface area contributed by atoms with E-state index in [2.05, 4.69) is 0 Å². The number of hydrogen-bond donors (Lipinski definition) is 1. The minimum atomic E-state index is -0.266. The van der Waals surface area contributed by atoms with Gasteiger partial charge in [-0.05, 0) is 43.2 Å². The average molecular weight is 289 g/mol. The molecule has 0 aliphatic heterocycles. The molecule has 0 aromatic heterocycles. The molecular weight excluding hydrogens is 269 g/mol. The summed E-state index contributed by atoms with van der Waals surface area (Å²) in [5.74, 6) is 1.09. The van der Waals surface area contributed by atoms with Gasteiger partial charge in [-0.2, -0.15) is 0 Å². The molecule has 0 amide bonds. The predicted molar refractivity (Wildman–Crippen MR) is 81.1 cm³/mol. The number of halogens is 1. The molecule has 1 atom stereocenters. The summed E-state index contributed by atoms with van der Waals surface area (Å²) in [7, 11) is 1.60. The highest BCUT2D eigenvalue weighted by molar-refractivity contribution is 5.42. The van der Waals surface area contributed by atoms with Gasteiger partial charge in [-0.15, -0.1) is 0 Å². The monoisotopic (exact) mass is 289 g/mol. The molecule has 0 radical (unpaired) electrons. The minimum absolute atomic E-state index is 0.153. The van der Waals surface area contributed by atoms with E-state index >= 15 is 0 Å². The molecule has 0 aliphatic rings. The van der Waals surface area contributed by atoms with Crippen LogP contribution >= 0.6 is 0 Å². The van der Waals surface area contributed by atoms with E-state index in [9.17, 15) is 4.39 Å². The number of methoxy groups -OCH3 is 1. The van der Waals surface area contributed by atoms with Crippen LogP contribution in [0.4, 0.5) is 4.39 Å². The highest BCUT2D eigenvalue weighted by Gasteiger charge is 2.11. The highest BCUT2D eigenvalue weighted by Crippen LogP contribution is 2.29. The lowest BCUT2D eigenvalue weighted by molar-refractivity contribution is 0.297. The van der Waals surface area contributed by atoms with Crippen LogP contribution in [-0.2, 0) is 6.61 Å². The summed E-state index contributed by atoms with van der Waals surface area (Å²) in [6, 6.07) is 10.0. The highest BCUT2D eigenvalue weighted by atomic mass is 19.1. The molecule has 0 spiro atoms. The topological polar surface area (TPSA) is 44.5 Å². The number of hydrogen-bond acceptors (Lipinski definition) is 3. The Morgan fingerprint density at radius 1 is 1.19 bits per heavy atom. The molecular formula is C17H20FNO2. The van der Waals surface area contributed by atoms with Crippen LogP contribution in [0.3, 0.4) is 0 Å². The standard InChI is InChI=1S/C17H20FNO2/c1-11-4-5-14(18)8-13(11)10-21-17-9-15(20-3)6-7-16(17)12(2)19/h4-9,12H,10,19H2,1-3H3/t12-/m1/s1. The van der Waals surface area contributed by atoms with Gasteiger partial charge in [0.05, 0.1) is 7.11 Å². The summed E-state index contributed by atoms with van der Waals surface area (Å²) in [6.07, 6.45) is 0. The Bertz CT molecular complexity index is 626. The lowest BCUT2D eigenvalue weighted by atomic mass is 10.1. The van der Waals surface area contributed by atoms with Crippen LogP contribution < -0.4 is 15.2 Å². The van der Waals surface area contributed by atoms with E-state index in [1.807, 2.05) is 26.0 Å². The van der Waals surface area contributed by atoms with Gasteiger partial charge in [0, 0.05) is 17.7 Å². The zero-order valence-corrected chi connectivity index (χ0v) is 12.5. The molecule has 0 fully saturated rings. The Labute approximate surface area is 124 Å². The van der Waals surface area contributed by atoms with Crippen LogP contribution in [0.1, 0.15) is 29.7 Å². The molecule has 2 aromatic carbocycles. The third-order valence-corrected chi connectivity index (χ3v) is 3.41. The second-order valence-electron chi connectivity index (χ2n) is 5.05. The summed E-state index contributed by atoms with van der Waals surface area (Å²) in [5, 5.41) is 0. The van der Waals surface area contributed by atoms with Gasteiger partial charge in [-0.25, -0.2) is 4.39 Å². The van der Waals surface area contributed by atoms with Gasteiger partial charge >= 0.3 is 0 Å².